The summed E-state index contributed by atoms with van der Waals surface area (Å²) >= 11 is 6.31. The molecule has 0 N–H and O–H groups in total. The van der Waals surface area contributed by atoms with Gasteiger partial charge in [-0.05, 0) is 31.0 Å². The Morgan fingerprint density at radius 3 is 2.44 bits per heavy atom. The van der Waals surface area contributed by atoms with Crippen molar-refractivity contribution in [3.8, 4) is 0 Å². The van der Waals surface area contributed by atoms with Crippen LogP contribution in [0.15, 0.2) is 42.7 Å². The predicted molar refractivity (Wildman–Crippen MR) is 107 cm³/mol. The average molecular weight is 386 g/mol. The maximum atomic E-state index is 13.1. The van der Waals surface area contributed by atoms with Crippen LogP contribution in [0.5, 0.6) is 0 Å². The molecule has 2 fully saturated rings. The second-order valence-corrected chi connectivity index (χ2v) is 7.50. The standard InChI is InChI=1S/C20H24ClN5O/c21-17-6-1-2-7-18(17)24-11-13-25(14-12-24)19(27)16-5-3-10-26(15-16)20-22-8-4-9-23-20/h1-2,4,6-9,16H,3,5,10-15H2. The van der Waals surface area contributed by atoms with Crippen LogP contribution in [0.4, 0.5) is 11.6 Å². The number of piperazine rings is 1. The molecule has 3 heterocycles. The number of para-hydroxylation sites is 1. The van der Waals surface area contributed by atoms with Gasteiger partial charge in [0.05, 0.1) is 16.6 Å². The van der Waals surface area contributed by atoms with Gasteiger partial charge in [0.2, 0.25) is 11.9 Å². The molecular formula is C20H24ClN5O. The molecular weight excluding hydrogens is 362 g/mol. The number of piperidine rings is 1. The van der Waals surface area contributed by atoms with Gasteiger partial charge in [0.15, 0.2) is 0 Å². The van der Waals surface area contributed by atoms with Crippen LogP contribution in [0.25, 0.3) is 0 Å². The van der Waals surface area contributed by atoms with E-state index in [0.717, 1.165) is 62.2 Å². The van der Waals surface area contributed by atoms with Gasteiger partial charge in [-0.15, -0.1) is 0 Å². The number of aromatic nitrogens is 2. The maximum Gasteiger partial charge on any atom is 0.227 e. The first-order valence-electron chi connectivity index (χ1n) is 9.52. The van der Waals surface area contributed by atoms with Gasteiger partial charge in [-0.1, -0.05) is 23.7 Å². The van der Waals surface area contributed by atoms with Crippen LogP contribution in [0, 0.1) is 5.92 Å². The van der Waals surface area contributed by atoms with E-state index in [9.17, 15) is 4.79 Å². The van der Waals surface area contributed by atoms with Gasteiger partial charge < -0.3 is 14.7 Å². The van der Waals surface area contributed by atoms with E-state index in [1.807, 2.05) is 35.2 Å². The molecule has 7 heteroatoms. The highest BCUT2D eigenvalue weighted by Crippen LogP contribution is 2.27. The molecule has 1 aromatic heterocycles. The van der Waals surface area contributed by atoms with Gasteiger partial charge in [0.1, 0.15) is 0 Å². The number of amides is 1. The highest BCUT2D eigenvalue weighted by Gasteiger charge is 2.32. The van der Waals surface area contributed by atoms with E-state index < -0.39 is 0 Å². The zero-order valence-corrected chi connectivity index (χ0v) is 16.1. The Kier molecular flexibility index (Phi) is 5.43. The van der Waals surface area contributed by atoms with E-state index in [1.165, 1.54) is 0 Å². The van der Waals surface area contributed by atoms with E-state index in [0.29, 0.717) is 6.54 Å². The minimum Gasteiger partial charge on any atom is -0.367 e. The van der Waals surface area contributed by atoms with E-state index in [2.05, 4.69) is 19.8 Å². The van der Waals surface area contributed by atoms with Crippen LogP contribution in [0.3, 0.4) is 0 Å². The van der Waals surface area contributed by atoms with Crippen LogP contribution in [0.2, 0.25) is 5.02 Å². The monoisotopic (exact) mass is 385 g/mol. The number of carbonyl (C=O) groups excluding carboxylic acids is 1. The molecule has 0 aliphatic carbocycles. The molecule has 0 bridgehead atoms. The van der Waals surface area contributed by atoms with Gasteiger partial charge in [-0.25, -0.2) is 9.97 Å². The Bertz CT molecular complexity index is 779. The minimum absolute atomic E-state index is 0.0226. The summed E-state index contributed by atoms with van der Waals surface area (Å²) in [5, 5.41) is 0.767. The van der Waals surface area contributed by atoms with E-state index in [1.54, 1.807) is 12.4 Å². The van der Waals surface area contributed by atoms with Crippen LogP contribution in [0.1, 0.15) is 12.8 Å². The Morgan fingerprint density at radius 2 is 1.70 bits per heavy atom. The van der Waals surface area contributed by atoms with Crippen molar-refractivity contribution in [2.45, 2.75) is 12.8 Å². The molecule has 142 valence electrons. The largest absolute Gasteiger partial charge is 0.367 e. The lowest BCUT2D eigenvalue weighted by molar-refractivity contribution is -0.136. The van der Waals surface area contributed by atoms with Crippen LogP contribution in [-0.2, 0) is 4.79 Å². The highest BCUT2D eigenvalue weighted by atomic mass is 35.5. The summed E-state index contributed by atoms with van der Waals surface area (Å²) < 4.78 is 0. The summed E-state index contributed by atoms with van der Waals surface area (Å²) in [6.45, 7) is 4.72. The number of hydrogen-bond donors (Lipinski definition) is 0. The summed E-state index contributed by atoms with van der Waals surface area (Å²) in [7, 11) is 0. The maximum absolute atomic E-state index is 13.1. The molecule has 1 atom stereocenters. The molecule has 0 radical (unpaired) electrons. The van der Waals surface area contributed by atoms with Gasteiger partial charge in [0, 0.05) is 51.7 Å². The molecule has 1 aromatic carbocycles. The number of hydrogen-bond acceptors (Lipinski definition) is 5. The zero-order chi connectivity index (χ0) is 18.6. The van der Waals surface area contributed by atoms with Crippen molar-refractivity contribution in [3.63, 3.8) is 0 Å². The molecule has 2 aromatic rings. The molecule has 2 aliphatic heterocycles. The highest BCUT2D eigenvalue weighted by molar-refractivity contribution is 6.33. The second-order valence-electron chi connectivity index (χ2n) is 7.10. The molecule has 27 heavy (non-hydrogen) atoms. The van der Waals surface area contributed by atoms with E-state index in [4.69, 9.17) is 11.6 Å². The van der Waals surface area contributed by atoms with Crippen molar-refractivity contribution in [3.05, 3.63) is 47.7 Å². The number of nitrogens with zero attached hydrogens (tertiary/aromatic N) is 5. The lowest BCUT2D eigenvalue weighted by Crippen LogP contribution is -2.52. The Balaban J connectivity index is 1.36. The smallest absolute Gasteiger partial charge is 0.227 e. The third-order valence-corrected chi connectivity index (χ3v) is 5.71. The Labute approximate surface area is 164 Å². The summed E-state index contributed by atoms with van der Waals surface area (Å²) in [4.78, 5) is 28.1. The normalized spacial score (nSPS) is 20.6. The number of benzene rings is 1. The first-order valence-corrected chi connectivity index (χ1v) is 9.90. The third kappa shape index (κ3) is 4.00. The summed E-state index contributed by atoms with van der Waals surface area (Å²) in [6, 6.07) is 9.71. The fraction of sp³-hybridized carbons (Fsp3) is 0.450. The van der Waals surface area contributed by atoms with Crippen molar-refractivity contribution in [1.82, 2.24) is 14.9 Å². The third-order valence-electron chi connectivity index (χ3n) is 5.39. The number of halogens is 1. The van der Waals surface area contributed by atoms with E-state index in [-0.39, 0.29) is 11.8 Å². The SMILES string of the molecule is O=C(C1CCCN(c2ncccn2)C1)N1CCN(c2ccccc2Cl)CC1. The van der Waals surface area contributed by atoms with Gasteiger partial charge >= 0.3 is 0 Å². The van der Waals surface area contributed by atoms with Crippen LogP contribution >= 0.6 is 11.6 Å². The number of anilines is 2. The van der Waals surface area contributed by atoms with Crippen LogP contribution < -0.4 is 9.80 Å². The lowest BCUT2D eigenvalue weighted by Gasteiger charge is -2.40. The molecule has 2 aliphatic rings. The van der Waals surface area contributed by atoms with Crippen molar-refractivity contribution in [1.29, 1.82) is 0 Å². The summed E-state index contributed by atoms with van der Waals surface area (Å²) in [6.07, 6.45) is 5.44. The van der Waals surface area contributed by atoms with E-state index >= 15 is 0 Å². The quantitative estimate of drug-likeness (QED) is 0.813. The van der Waals surface area contributed by atoms with Crippen molar-refractivity contribution in [2.24, 2.45) is 5.92 Å². The average Bonchev–Trinajstić information content (AvgIpc) is 2.74. The molecule has 0 spiro atoms. The molecule has 1 amide bonds. The number of rotatable bonds is 3. The van der Waals surface area contributed by atoms with Crippen LogP contribution in [-0.4, -0.2) is 60.0 Å². The van der Waals surface area contributed by atoms with Crippen molar-refractivity contribution < 1.29 is 4.79 Å². The molecule has 0 saturated carbocycles. The molecule has 6 nitrogen and oxygen atoms in total. The first kappa shape index (κ1) is 18.0. The molecule has 1 unspecified atom stereocenters. The minimum atomic E-state index is 0.0226. The van der Waals surface area contributed by atoms with Crippen molar-refractivity contribution >= 4 is 29.1 Å². The fourth-order valence-electron chi connectivity index (χ4n) is 3.95. The van der Waals surface area contributed by atoms with Gasteiger partial charge in [0.25, 0.3) is 0 Å². The number of carbonyl (C=O) groups is 1. The summed E-state index contributed by atoms with van der Waals surface area (Å²) in [5.41, 5.74) is 1.05. The zero-order valence-electron chi connectivity index (χ0n) is 15.3. The first-order chi connectivity index (χ1) is 13.2. The van der Waals surface area contributed by atoms with Gasteiger partial charge in [-0.2, -0.15) is 0 Å². The fourth-order valence-corrected chi connectivity index (χ4v) is 4.20. The molecule has 2 saturated heterocycles. The topological polar surface area (TPSA) is 52.6 Å². The Morgan fingerprint density at radius 1 is 0.963 bits per heavy atom. The summed E-state index contributed by atoms with van der Waals surface area (Å²) in [5.74, 6) is 1.00. The van der Waals surface area contributed by atoms with Crippen molar-refractivity contribution in [2.75, 3.05) is 49.1 Å². The second kappa shape index (κ2) is 8.13. The Hall–Kier alpha value is -2.34. The van der Waals surface area contributed by atoms with Gasteiger partial charge in [-0.3, -0.25) is 4.79 Å². The lowest BCUT2D eigenvalue weighted by atomic mass is 9.96. The molecule has 4 rings (SSSR count). The predicted octanol–water partition coefficient (Wildman–Crippen LogP) is 2.70.